The smallest absolute Gasteiger partial charge is 0.319 e. The van der Waals surface area contributed by atoms with Crippen molar-refractivity contribution in [2.24, 2.45) is 0 Å². The second-order valence-electron chi connectivity index (χ2n) is 2.74. The van der Waals surface area contributed by atoms with E-state index in [1.807, 2.05) is 6.92 Å². The van der Waals surface area contributed by atoms with Crippen LogP contribution in [0, 0.1) is 0 Å². The molecule has 15 heavy (non-hydrogen) atoms. The molecule has 0 aromatic heterocycles. The van der Waals surface area contributed by atoms with E-state index in [9.17, 15) is 9.67 Å². The van der Waals surface area contributed by atoms with Crippen molar-refractivity contribution in [2.45, 2.75) is 13.2 Å². The third-order valence-electron chi connectivity index (χ3n) is 1.69. The van der Waals surface area contributed by atoms with E-state index < -0.39 is 14.5 Å². The van der Waals surface area contributed by atoms with Crippen LogP contribution in [0.15, 0.2) is 24.3 Å². The van der Waals surface area contributed by atoms with Crippen LogP contribution >= 0.6 is 8.25 Å². The van der Waals surface area contributed by atoms with E-state index in [1.165, 1.54) is 0 Å². The first-order valence-corrected chi connectivity index (χ1v) is 5.70. The summed E-state index contributed by atoms with van der Waals surface area (Å²) in [7, 11) is -3.13. The lowest BCUT2D eigenvalue weighted by atomic mass is 10.2. The summed E-state index contributed by atoms with van der Waals surface area (Å²) in [4.78, 5) is 8.46. The summed E-state index contributed by atoms with van der Waals surface area (Å²) in [5, 5.41) is 9.31. The SMILES string of the molecule is CCOc1ccc(C(O)O[PH](=O)O)cc1. The molecular weight excluding hydrogens is 219 g/mol. The minimum Gasteiger partial charge on any atom is -0.494 e. The number of aliphatic hydroxyl groups excluding tert-OH is 1. The van der Waals surface area contributed by atoms with Gasteiger partial charge in [-0.2, -0.15) is 0 Å². The first-order valence-electron chi connectivity index (χ1n) is 4.44. The first-order chi connectivity index (χ1) is 7.13. The number of ether oxygens (including phenoxy) is 1. The fourth-order valence-electron chi connectivity index (χ4n) is 1.06. The van der Waals surface area contributed by atoms with Crippen molar-refractivity contribution in [3.05, 3.63) is 29.8 Å². The molecule has 6 heteroatoms. The summed E-state index contributed by atoms with van der Waals surface area (Å²) in [5.41, 5.74) is 0.408. The van der Waals surface area contributed by atoms with Crippen LogP contribution in [0.4, 0.5) is 0 Å². The molecule has 0 fully saturated rings. The Labute approximate surface area is 88.2 Å². The van der Waals surface area contributed by atoms with Crippen LogP contribution in [-0.2, 0) is 9.09 Å². The Balaban J connectivity index is 2.66. The Morgan fingerprint density at radius 2 is 2.00 bits per heavy atom. The van der Waals surface area contributed by atoms with Gasteiger partial charge in [-0.3, -0.25) is 9.09 Å². The molecule has 0 saturated carbocycles. The van der Waals surface area contributed by atoms with Crippen molar-refractivity contribution in [2.75, 3.05) is 6.61 Å². The molecule has 0 aliphatic rings. The van der Waals surface area contributed by atoms with E-state index in [0.29, 0.717) is 17.9 Å². The summed E-state index contributed by atoms with van der Waals surface area (Å²) in [6.07, 6.45) is -1.38. The molecule has 1 aromatic rings. The van der Waals surface area contributed by atoms with Crippen LogP contribution in [0.1, 0.15) is 18.8 Å². The van der Waals surface area contributed by atoms with Gasteiger partial charge in [0, 0.05) is 5.56 Å². The zero-order valence-electron chi connectivity index (χ0n) is 8.21. The molecule has 0 saturated heterocycles. The quantitative estimate of drug-likeness (QED) is 0.594. The molecule has 1 rings (SSSR count). The van der Waals surface area contributed by atoms with E-state index in [1.54, 1.807) is 24.3 Å². The molecule has 0 radical (unpaired) electrons. The fraction of sp³-hybridized carbons (Fsp3) is 0.333. The lowest BCUT2D eigenvalue weighted by molar-refractivity contribution is -0.0207. The largest absolute Gasteiger partial charge is 0.494 e. The van der Waals surface area contributed by atoms with Crippen molar-refractivity contribution in [3.8, 4) is 5.75 Å². The molecule has 0 aliphatic heterocycles. The molecule has 0 aliphatic carbocycles. The first kappa shape index (κ1) is 12.2. The van der Waals surface area contributed by atoms with Gasteiger partial charge >= 0.3 is 8.25 Å². The predicted octanol–water partition coefficient (Wildman–Crippen LogP) is 1.47. The third-order valence-corrected chi connectivity index (χ3v) is 2.11. The summed E-state index contributed by atoms with van der Waals surface area (Å²) in [6, 6.07) is 6.45. The zero-order valence-corrected chi connectivity index (χ0v) is 9.21. The van der Waals surface area contributed by atoms with E-state index in [4.69, 9.17) is 9.63 Å². The van der Waals surface area contributed by atoms with Crippen molar-refractivity contribution in [1.29, 1.82) is 0 Å². The Bertz CT molecular complexity index is 324. The Kier molecular flexibility index (Phi) is 4.78. The number of rotatable bonds is 5. The van der Waals surface area contributed by atoms with Gasteiger partial charge < -0.3 is 14.7 Å². The third kappa shape index (κ3) is 4.01. The Morgan fingerprint density at radius 1 is 1.40 bits per heavy atom. The van der Waals surface area contributed by atoms with Crippen LogP contribution in [-0.4, -0.2) is 16.6 Å². The summed E-state index contributed by atoms with van der Waals surface area (Å²) >= 11 is 0. The fourth-order valence-corrected chi connectivity index (χ4v) is 1.39. The monoisotopic (exact) mass is 232 g/mol. The second kappa shape index (κ2) is 5.88. The van der Waals surface area contributed by atoms with E-state index in [0.717, 1.165) is 0 Å². The van der Waals surface area contributed by atoms with E-state index in [2.05, 4.69) is 4.52 Å². The van der Waals surface area contributed by atoms with Gasteiger partial charge in [-0.1, -0.05) is 12.1 Å². The Hall–Kier alpha value is -0.870. The normalized spacial score (nSPS) is 14.6. The minimum absolute atomic E-state index is 0.408. The number of aliphatic hydroxyl groups is 1. The highest BCUT2D eigenvalue weighted by atomic mass is 31.1. The molecule has 2 atom stereocenters. The van der Waals surface area contributed by atoms with Crippen LogP contribution in [0.5, 0.6) is 5.75 Å². The topological polar surface area (TPSA) is 76.0 Å². The molecule has 0 amide bonds. The average molecular weight is 232 g/mol. The maximum absolute atomic E-state index is 10.3. The highest BCUT2D eigenvalue weighted by Crippen LogP contribution is 2.27. The molecule has 0 bridgehead atoms. The van der Waals surface area contributed by atoms with Crippen molar-refractivity contribution in [1.82, 2.24) is 0 Å². The summed E-state index contributed by atoms with van der Waals surface area (Å²) in [6.45, 7) is 2.42. The average Bonchev–Trinajstić information content (AvgIpc) is 2.18. The molecule has 2 unspecified atom stereocenters. The van der Waals surface area contributed by atoms with Crippen molar-refractivity contribution in [3.63, 3.8) is 0 Å². The maximum Gasteiger partial charge on any atom is 0.319 e. The van der Waals surface area contributed by atoms with E-state index in [-0.39, 0.29) is 0 Å². The molecule has 0 spiro atoms. The van der Waals surface area contributed by atoms with Crippen molar-refractivity contribution >= 4 is 8.25 Å². The van der Waals surface area contributed by atoms with Gasteiger partial charge in [0.05, 0.1) is 6.61 Å². The lowest BCUT2D eigenvalue weighted by Crippen LogP contribution is -1.98. The highest BCUT2D eigenvalue weighted by molar-refractivity contribution is 7.32. The zero-order chi connectivity index (χ0) is 11.3. The predicted molar refractivity (Wildman–Crippen MR) is 54.9 cm³/mol. The molecule has 0 heterocycles. The van der Waals surface area contributed by atoms with Gasteiger partial charge in [0.2, 0.25) is 0 Å². The Morgan fingerprint density at radius 3 is 2.47 bits per heavy atom. The minimum atomic E-state index is -3.13. The standard InChI is InChI=1S/C9H13O5P/c1-2-13-8-5-3-7(4-6-8)9(10)14-15(11)12/h3-6,9-10,15H,2H2,1H3,(H,11,12). The van der Waals surface area contributed by atoms with Gasteiger partial charge in [-0.15, -0.1) is 0 Å². The van der Waals surface area contributed by atoms with Crippen LogP contribution in [0.25, 0.3) is 0 Å². The van der Waals surface area contributed by atoms with Crippen molar-refractivity contribution < 1.29 is 23.8 Å². The number of benzene rings is 1. The molecule has 84 valence electrons. The highest BCUT2D eigenvalue weighted by Gasteiger charge is 2.09. The summed E-state index contributed by atoms with van der Waals surface area (Å²) < 4.78 is 19.9. The van der Waals surface area contributed by atoms with Gasteiger partial charge in [0.25, 0.3) is 0 Å². The molecule has 5 nitrogen and oxygen atoms in total. The molecule has 2 N–H and O–H groups in total. The van der Waals surface area contributed by atoms with Crippen LogP contribution in [0.2, 0.25) is 0 Å². The second-order valence-corrected chi connectivity index (χ2v) is 3.51. The van der Waals surface area contributed by atoms with E-state index >= 15 is 0 Å². The van der Waals surface area contributed by atoms with Gasteiger partial charge in [-0.25, -0.2) is 0 Å². The van der Waals surface area contributed by atoms with Gasteiger partial charge in [-0.05, 0) is 19.1 Å². The van der Waals surface area contributed by atoms with Gasteiger partial charge in [0.1, 0.15) is 5.75 Å². The maximum atomic E-state index is 10.3. The van der Waals surface area contributed by atoms with Crippen LogP contribution < -0.4 is 4.74 Å². The lowest BCUT2D eigenvalue weighted by Gasteiger charge is -2.10. The number of hydrogen-bond acceptors (Lipinski definition) is 4. The molecule has 1 aromatic carbocycles. The van der Waals surface area contributed by atoms with Gasteiger partial charge in [0.15, 0.2) is 6.29 Å². The summed E-state index contributed by atoms with van der Waals surface area (Å²) in [5.74, 6) is 0.671. The number of hydrogen-bond donors (Lipinski definition) is 2. The molecular formula is C9H13O5P. The van der Waals surface area contributed by atoms with Crippen LogP contribution in [0.3, 0.4) is 0 Å².